The number of rotatable bonds is 4. The zero-order chi connectivity index (χ0) is 22.3. The maximum Gasteiger partial charge on any atom is 0.341 e. The fourth-order valence-corrected chi connectivity index (χ4v) is 3.87. The number of ether oxygens (including phenoxy) is 1. The van der Waals surface area contributed by atoms with Gasteiger partial charge < -0.3 is 19.8 Å². The Morgan fingerprint density at radius 1 is 1.19 bits per heavy atom. The van der Waals surface area contributed by atoms with Crippen molar-refractivity contribution >= 4 is 28.6 Å². The molecular formula is C23H23N3O5. The van der Waals surface area contributed by atoms with Crippen LogP contribution in [0.25, 0.3) is 10.9 Å². The molecule has 8 nitrogen and oxygen atoms in total. The molecule has 2 aromatic carbocycles. The molecule has 1 aliphatic heterocycles. The van der Waals surface area contributed by atoms with E-state index >= 15 is 0 Å². The van der Waals surface area contributed by atoms with E-state index in [4.69, 9.17) is 0 Å². The van der Waals surface area contributed by atoms with Crippen LogP contribution in [0, 0.1) is 0 Å². The number of carbonyl (C=O) groups is 2. The van der Waals surface area contributed by atoms with Gasteiger partial charge in [-0.25, -0.2) is 9.59 Å². The Balaban J connectivity index is 1.72. The Labute approximate surface area is 179 Å². The summed E-state index contributed by atoms with van der Waals surface area (Å²) >= 11 is 0. The summed E-state index contributed by atoms with van der Waals surface area (Å²) in [7, 11) is 1.20. The molecule has 1 atom stereocenters. The molecular weight excluding hydrogens is 398 g/mol. The number of phenols is 1. The number of para-hydroxylation sites is 1. The van der Waals surface area contributed by atoms with E-state index in [1.165, 1.54) is 30.2 Å². The third-order valence-electron chi connectivity index (χ3n) is 5.74. The fourth-order valence-electron chi connectivity index (χ4n) is 3.87. The van der Waals surface area contributed by atoms with Crippen LogP contribution >= 0.6 is 0 Å². The Morgan fingerprint density at radius 2 is 1.94 bits per heavy atom. The molecule has 8 heteroatoms. The number of hydrogen-bond donors (Lipinski definition) is 2. The van der Waals surface area contributed by atoms with Gasteiger partial charge in [0, 0.05) is 23.8 Å². The maximum atomic E-state index is 13.4. The average molecular weight is 421 g/mol. The lowest BCUT2D eigenvalue weighted by atomic mass is 10.0. The molecule has 0 saturated carbocycles. The van der Waals surface area contributed by atoms with Crippen LogP contribution in [0.4, 0.5) is 10.5 Å². The molecule has 0 aliphatic carbocycles. The van der Waals surface area contributed by atoms with Crippen LogP contribution in [0.3, 0.4) is 0 Å². The van der Waals surface area contributed by atoms with Crippen molar-refractivity contribution in [3.05, 3.63) is 65.9 Å². The number of fused-ring (bicyclic) bond motifs is 1. The summed E-state index contributed by atoms with van der Waals surface area (Å²) in [5, 5.41) is 21.9. The number of benzene rings is 2. The molecule has 1 saturated heterocycles. The number of esters is 1. The molecule has 31 heavy (non-hydrogen) atoms. The topological polar surface area (TPSA) is 103 Å². The van der Waals surface area contributed by atoms with E-state index in [9.17, 15) is 19.8 Å². The average Bonchev–Trinajstić information content (AvgIpc) is 2.93. The minimum absolute atomic E-state index is 0.0867. The monoisotopic (exact) mass is 421 g/mol. The summed E-state index contributed by atoms with van der Waals surface area (Å²) in [6.07, 6.45) is 0.519. The van der Waals surface area contributed by atoms with Crippen LogP contribution in [0.2, 0.25) is 0 Å². The molecule has 2 amide bonds. The summed E-state index contributed by atoms with van der Waals surface area (Å²) < 4.78 is 4.69. The number of phenolic OH excluding ortho intramolecular Hbond substituents is 1. The standard InChI is InChI=1S/C23H23N3O5/c1-23(2)21(29)26(15-8-9-19(27)17(12-15)20(28)31-3)22(30)25(23)13-14-10-11-24-18-7-5-4-6-16(14)18/h4-12,21,27,29H,13H2,1-3H3. The van der Waals surface area contributed by atoms with Gasteiger partial charge in [-0.1, -0.05) is 18.2 Å². The van der Waals surface area contributed by atoms with Crippen LogP contribution < -0.4 is 4.90 Å². The fraction of sp³-hybridized carbons (Fsp3) is 0.261. The highest BCUT2D eigenvalue weighted by molar-refractivity contribution is 5.99. The number of amides is 2. The quantitative estimate of drug-likeness (QED) is 0.627. The van der Waals surface area contributed by atoms with E-state index in [2.05, 4.69) is 9.72 Å². The van der Waals surface area contributed by atoms with E-state index in [0.717, 1.165) is 16.5 Å². The highest BCUT2D eigenvalue weighted by Gasteiger charge is 2.51. The molecule has 0 spiro atoms. The molecule has 0 radical (unpaired) electrons. The van der Waals surface area contributed by atoms with E-state index in [0.29, 0.717) is 0 Å². The van der Waals surface area contributed by atoms with Gasteiger partial charge in [0.15, 0.2) is 6.23 Å². The van der Waals surface area contributed by atoms with Crippen LogP contribution in [0.5, 0.6) is 5.75 Å². The van der Waals surface area contributed by atoms with E-state index in [1.807, 2.05) is 30.3 Å². The minimum Gasteiger partial charge on any atom is -0.507 e. The summed E-state index contributed by atoms with van der Waals surface area (Å²) in [5.41, 5.74) is 0.998. The van der Waals surface area contributed by atoms with Gasteiger partial charge in [0.05, 0.1) is 18.2 Å². The van der Waals surface area contributed by atoms with Gasteiger partial charge in [0.2, 0.25) is 0 Å². The molecule has 1 aliphatic rings. The van der Waals surface area contributed by atoms with Gasteiger partial charge in [0.25, 0.3) is 0 Å². The Hall–Kier alpha value is -3.65. The SMILES string of the molecule is COC(=O)c1cc(N2C(=O)N(Cc3ccnc4ccccc34)C(C)(C)C2O)ccc1O. The van der Waals surface area contributed by atoms with Gasteiger partial charge in [0.1, 0.15) is 11.3 Å². The first-order valence-electron chi connectivity index (χ1n) is 9.78. The number of anilines is 1. The number of aromatic hydroxyl groups is 1. The van der Waals surface area contributed by atoms with Gasteiger partial charge in [-0.3, -0.25) is 9.88 Å². The van der Waals surface area contributed by atoms with Crippen molar-refractivity contribution in [2.45, 2.75) is 32.2 Å². The Bertz CT molecular complexity index is 1170. The predicted molar refractivity (Wildman–Crippen MR) is 115 cm³/mol. The number of aliphatic hydroxyl groups excluding tert-OH is 1. The lowest BCUT2D eigenvalue weighted by Gasteiger charge is -2.32. The van der Waals surface area contributed by atoms with Crippen molar-refractivity contribution in [1.82, 2.24) is 9.88 Å². The summed E-state index contributed by atoms with van der Waals surface area (Å²) in [6.45, 7) is 3.82. The normalized spacial score (nSPS) is 17.9. The van der Waals surface area contributed by atoms with Crippen molar-refractivity contribution in [3.63, 3.8) is 0 Å². The summed E-state index contributed by atoms with van der Waals surface area (Å²) in [5.74, 6) is -1.00. The summed E-state index contributed by atoms with van der Waals surface area (Å²) in [6, 6.07) is 13.2. The smallest absolute Gasteiger partial charge is 0.341 e. The summed E-state index contributed by atoms with van der Waals surface area (Å²) in [4.78, 5) is 32.5. The van der Waals surface area contributed by atoms with E-state index in [1.54, 1.807) is 24.9 Å². The second-order valence-electron chi connectivity index (χ2n) is 7.95. The lowest BCUT2D eigenvalue weighted by Crippen LogP contribution is -2.46. The molecule has 1 unspecified atom stereocenters. The zero-order valence-corrected chi connectivity index (χ0v) is 17.4. The molecule has 4 rings (SSSR count). The van der Waals surface area contributed by atoms with Crippen molar-refractivity contribution in [2.24, 2.45) is 0 Å². The Kier molecular flexibility index (Phi) is 5.02. The van der Waals surface area contributed by atoms with Crippen LogP contribution in [-0.4, -0.2) is 51.0 Å². The first-order chi connectivity index (χ1) is 14.8. The molecule has 1 aromatic heterocycles. The van der Waals surface area contributed by atoms with Gasteiger partial charge in [-0.2, -0.15) is 0 Å². The highest BCUT2D eigenvalue weighted by atomic mass is 16.5. The van der Waals surface area contributed by atoms with Gasteiger partial charge in [-0.05, 0) is 49.7 Å². The van der Waals surface area contributed by atoms with E-state index in [-0.39, 0.29) is 23.5 Å². The van der Waals surface area contributed by atoms with Crippen molar-refractivity contribution < 1.29 is 24.5 Å². The van der Waals surface area contributed by atoms with Crippen molar-refractivity contribution in [3.8, 4) is 5.75 Å². The number of hydrogen-bond acceptors (Lipinski definition) is 6. The lowest BCUT2D eigenvalue weighted by molar-refractivity contribution is 0.0576. The third kappa shape index (κ3) is 3.34. The second-order valence-corrected chi connectivity index (χ2v) is 7.95. The number of aliphatic hydroxyl groups is 1. The third-order valence-corrected chi connectivity index (χ3v) is 5.74. The predicted octanol–water partition coefficient (Wildman–Crippen LogP) is 3.27. The number of pyridine rings is 1. The molecule has 3 aromatic rings. The van der Waals surface area contributed by atoms with Crippen LogP contribution in [-0.2, 0) is 11.3 Å². The molecule has 160 valence electrons. The van der Waals surface area contributed by atoms with Crippen LogP contribution in [0.15, 0.2) is 54.7 Å². The van der Waals surface area contributed by atoms with Gasteiger partial charge in [-0.15, -0.1) is 0 Å². The Morgan fingerprint density at radius 3 is 2.68 bits per heavy atom. The van der Waals surface area contributed by atoms with Crippen molar-refractivity contribution in [1.29, 1.82) is 0 Å². The number of urea groups is 1. The van der Waals surface area contributed by atoms with Gasteiger partial charge >= 0.3 is 12.0 Å². The first kappa shape index (κ1) is 20.6. The maximum absolute atomic E-state index is 13.4. The number of nitrogens with zero attached hydrogens (tertiary/aromatic N) is 3. The molecule has 2 N–H and O–H groups in total. The number of carbonyl (C=O) groups excluding carboxylic acids is 2. The zero-order valence-electron chi connectivity index (χ0n) is 17.4. The van der Waals surface area contributed by atoms with E-state index < -0.39 is 23.8 Å². The minimum atomic E-state index is -1.18. The van der Waals surface area contributed by atoms with Crippen LogP contribution in [0.1, 0.15) is 29.8 Å². The molecule has 0 bridgehead atoms. The number of methoxy groups -OCH3 is 1. The van der Waals surface area contributed by atoms with Crippen molar-refractivity contribution in [2.75, 3.05) is 12.0 Å². The second kappa shape index (κ2) is 7.55. The first-order valence-corrected chi connectivity index (χ1v) is 9.78. The molecule has 2 heterocycles. The molecule has 1 fully saturated rings. The largest absolute Gasteiger partial charge is 0.507 e. The highest BCUT2D eigenvalue weighted by Crippen LogP contribution is 2.38. The number of aromatic nitrogens is 1.